The molecule has 51 heavy (non-hydrogen) atoms. The van der Waals surface area contributed by atoms with E-state index >= 15 is 0 Å². The first-order chi connectivity index (χ1) is 23.1. The summed E-state index contributed by atoms with van der Waals surface area (Å²) in [5, 5.41) is 7.62. The van der Waals surface area contributed by atoms with Crippen LogP contribution in [0.25, 0.3) is 0 Å². The summed E-state index contributed by atoms with van der Waals surface area (Å²) < 4.78 is 14.9. The van der Waals surface area contributed by atoms with Gasteiger partial charge in [-0.3, -0.25) is 0 Å². The fourth-order valence-corrected chi connectivity index (χ4v) is 7.06. The van der Waals surface area contributed by atoms with Crippen LogP contribution in [0, 0.1) is 27.7 Å². The van der Waals surface area contributed by atoms with E-state index in [4.69, 9.17) is 13.5 Å². The zero-order valence-electron chi connectivity index (χ0n) is 35.4. The molecule has 286 valence electrons. The monoisotopic (exact) mass is 741 g/mol. The van der Waals surface area contributed by atoms with Crippen molar-refractivity contribution in [1.29, 1.82) is 0 Å². The van der Waals surface area contributed by atoms with Crippen molar-refractivity contribution in [1.82, 2.24) is 25.3 Å². The second-order valence-corrected chi connectivity index (χ2v) is 19.6. The molecule has 0 aliphatic heterocycles. The van der Waals surface area contributed by atoms with Gasteiger partial charge in [0.25, 0.3) is 0 Å². The summed E-state index contributed by atoms with van der Waals surface area (Å²) >= 11 is 3.52. The maximum absolute atomic E-state index is 5.22. The van der Waals surface area contributed by atoms with Crippen LogP contribution >= 0.6 is 22.7 Å². The minimum Gasteiger partial charge on any atom is -0.448 e. The normalized spacial score (nSPS) is 12.0. The Morgan fingerprint density at radius 2 is 0.941 bits per heavy atom. The third-order valence-corrected chi connectivity index (χ3v) is 10.3. The first-order valence-corrected chi connectivity index (χ1v) is 19.4. The summed E-state index contributed by atoms with van der Waals surface area (Å²) in [6, 6.07) is 0. The van der Waals surface area contributed by atoms with Gasteiger partial charge in [0, 0.05) is 26.3 Å². The minimum atomic E-state index is 0.0839. The molecule has 0 N–H and O–H groups in total. The highest BCUT2D eigenvalue weighted by atomic mass is 32.1. The molecule has 0 aliphatic carbocycles. The van der Waals surface area contributed by atoms with E-state index in [1.807, 2.05) is 31.8 Å². The zero-order chi connectivity index (χ0) is 39.6. The number of aryl methyl sites for hydroxylation is 5. The minimum absolute atomic E-state index is 0.0839. The maximum atomic E-state index is 5.22. The third-order valence-electron chi connectivity index (χ3n) is 7.63. The van der Waals surface area contributed by atoms with Crippen molar-refractivity contribution in [2.75, 3.05) is 0 Å². The molecule has 0 atom stereocenters. The Labute approximate surface area is 317 Å². The molecular formula is C41H67N5O3S2. The molecule has 0 saturated heterocycles. The van der Waals surface area contributed by atoms with Gasteiger partial charge in [0.1, 0.15) is 18.3 Å². The number of hydrogen-bond donors (Lipinski definition) is 0. The Balaban J connectivity index is 0.000000319. The summed E-state index contributed by atoms with van der Waals surface area (Å²) in [5.41, 5.74) is 12.6. The Hall–Kier alpha value is -3.11. The summed E-state index contributed by atoms with van der Waals surface area (Å²) in [4.78, 5) is 15.4. The molecule has 5 heterocycles. The average Bonchev–Trinajstić information content (AvgIpc) is 3.78. The molecule has 10 heteroatoms. The van der Waals surface area contributed by atoms with Crippen molar-refractivity contribution in [2.24, 2.45) is 0 Å². The predicted molar refractivity (Wildman–Crippen MR) is 216 cm³/mol. The summed E-state index contributed by atoms with van der Waals surface area (Å²) in [5.74, 6) is 0.979. The van der Waals surface area contributed by atoms with E-state index in [1.165, 1.54) is 38.7 Å². The van der Waals surface area contributed by atoms with Crippen LogP contribution in [-0.2, 0) is 33.5 Å². The largest absolute Gasteiger partial charge is 0.448 e. The summed E-state index contributed by atoms with van der Waals surface area (Å²) in [6.07, 6.45) is 5.98. The fraction of sp³-hybridized carbons (Fsp3) is 0.634. The SMILES string of the molecule is CCc1ncsc1C(C)(C)C.Cc1ncoc1C(C)(C)C.Cc1ncsc1C(C)(C)C.Cc1nocc1C(C)(C)C.Cc1nocc1C(C)(C)C. The molecule has 5 aromatic rings. The first kappa shape index (κ1) is 45.9. The molecule has 5 rings (SSSR count). The van der Waals surface area contributed by atoms with Crippen LogP contribution in [0.15, 0.2) is 43.4 Å². The number of aromatic nitrogens is 5. The summed E-state index contributed by atoms with van der Waals surface area (Å²) in [6.45, 7) is 42.7. The van der Waals surface area contributed by atoms with Crippen LogP contribution in [0.1, 0.15) is 166 Å². The zero-order valence-corrected chi connectivity index (χ0v) is 37.0. The second-order valence-electron chi connectivity index (χ2n) is 17.9. The van der Waals surface area contributed by atoms with Crippen LogP contribution in [0.2, 0.25) is 0 Å². The van der Waals surface area contributed by atoms with Crippen molar-refractivity contribution in [3.63, 3.8) is 0 Å². The van der Waals surface area contributed by atoms with Crippen LogP contribution in [-0.4, -0.2) is 25.3 Å². The average molecular weight is 742 g/mol. The third kappa shape index (κ3) is 15.2. The molecule has 0 fully saturated rings. The predicted octanol–water partition coefficient (Wildman–Crippen LogP) is 12.6. The van der Waals surface area contributed by atoms with Gasteiger partial charge < -0.3 is 13.5 Å². The Morgan fingerprint density at radius 1 is 0.510 bits per heavy atom. The smallest absolute Gasteiger partial charge is 0.181 e. The van der Waals surface area contributed by atoms with Crippen molar-refractivity contribution < 1.29 is 13.5 Å². The van der Waals surface area contributed by atoms with Crippen LogP contribution in [0.5, 0.6) is 0 Å². The molecule has 0 radical (unpaired) electrons. The summed E-state index contributed by atoms with van der Waals surface area (Å²) in [7, 11) is 0. The van der Waals surface area contributed by atoms with E-state index in [9.17, 15) is 0 Å². The lowest BCUT2D eigenvalue weighted by Crippen LogP contribution is -2.11. The van der Waals surface area contributed by atoms with Crippen molar-refractivity contribution >= 4 is 22.7 Å². The van der Waals surface area contributed by atoms with Crippen LogP contribution in [0.3, 0.4) is 0 Å². The van der Waals surface area contributed by atoms with Crippen molar-refractivity contribution in [3.05, 3.63) is 85.1 Å². The van der Waals surface area contributed by atoms with Gasteiger partial charge in [0.05, 0.1) is 39.5 Å². The quantitative estimate of drug-likeness (QED) is 0.167. The lowest BCUT2D eigenvalue weighted by molar-refractivity contribution is 0.405. The van der Waals surface area contributed by atoms with Crippen LogP contribution < -0.4 is 0 Å². The Bertz CT molecular complexity index is 1500. The van der Waals surface area contributed by atoms with Gasteiger partial charge in [-0.05, 0) is 55.8 Å². The van der Waals surface area contributed by atoms with E-state index in [-0.39, 0.29) is 27.1 Å². The van der Waals surface area contributed by atoms with Crippen LogP contribution in [0.4, 0.5) is 0 Å². The highest BCUT2D eigenvalue weighted by Crippen LogP contribution is 2.30. The fourth-order valence-electron chi connectivity index (χ4n) is 5.20. The standard InChI is InChI=1S/C9H15NS.3C8H13NO.C8H13NS/c1-5-7-8(9(2,3)4)11-6-10-7;1-6-7(8(2,3)4)10-5-9-6;2*1-6-7(5-10-9-6)8(2,3)4;1-6-7(8(2,3)4)10-5-9-6/h6H,5H2,1-4H3;4*5H,1-4H3. The van der Waals surface area contributed by atoms with E-state index in [0.29, 0.717) is 0 Å². The van der Waals surface area contributed by atoms with Crippen molar-refractivity contribution in [2.45, 2.75) is 172 Å². The van der Waals surface area contributed by atoms with Crippen molar-refractivity contribution in [3.8, 4) is 0 Å². The topological polar surface area (TPSA) is 104 Å². The number of oxazole rings is 1. The van der Waals surface area contributed by atoms with Gasteiger partial charge in [-0.15, -0.1) is 22.7 Å². The molecule has 0 bridgehead atoms. The highest BCUT2D eigenvalue weighted by Gasteiger charge is 2.22. The molecule has 0 saturated carbocycles. The maximum Gasteiger partial charge on any atom is 0.181 e. The highest BCUT2D eigenvalue weighted by molar-refractivity contribution is 7.10. The molecule has 0 amide bonds. The van der Waals surface area contributed by atoms with E-state index in [0.717, 1.165) is 29.3 Å². The number of thiazole rings is 2. The molecular weight excluding hydrogens is 675 g/mol. The van der Waals surface area contributed by atoms with E-state index in [1.54, 1.807) is 35.2 Å². The van der Waals surface area contributed by atoms with Gasteiger partial charge >= 0.3 is 0 Å². The molecule has 0 unspecified atom stereocenters. The van der Waals surface area contributed by atoms with Gasteiger partial charge in [-0.2, -0.15) is 0 Å². The molecule has 8 nitrogen and oxygen atoms in total. The van der Waals surface area contributed by atoms with Gasteiger partial charge in [-0.25, -0.2) is 15.0 Å². The lowest BCUT2D eigenvalue weighted by atomic mass is 9.88. The molecule has 0 aliphatic rings. The van der Waals surface area contributed by atoms with E-state index in [2.05, 4.69) is 143 Å². The second kappa shape index (κ2) is 18.6. The Kier molecular flexibility index (Phi) is 16.7. The van der Waals surface area contributed by atoms with Gasteiger partial charge in [0.2, 0.25) is 0 Å². The van der Waals surface area contributed by atoms with E-state index < -0.39 is 0 Å². The molecule has 0 spiro atoms. The number of nitrogens with zero attached hydrogens (tertiary/aromatic N) is 5. The number of rotatable bonds is 1. The van der Waals surface area contributed by atoms with Gasteiger partial charge in [-0.1, -0.05) is 121 Å². The lowest BCUT2D eigenvalue weighted by Gasteiger charge is -2.17. The first-order valence-electron chi connectivity index (χ1n) is 17.7. The number of hydrogen-bond acceptors (Lipinski definition) is 10. The molecule has 0 aromatic carbocycles. The van der Waals surface area contributed by atoms with Gasteiger partial charge in [0.15, 0.2) is 6.39 Å². The Morgan fingerprint density at radius 3 is 1.14 bits per heavy atom. The molecule has 5 aromatic heterocycles.